The molecule has 1 fully saturated rings. The van der Waals surface area contributed by atoms with Gasteiger partial charge in [0.1, 0.15) is 0 Å². The third-order valence-corrected chi connectivity index (χ3v) is 4.37. The van der Waals surface area contributed by atoms with Crippen LogP contribution in [0.1, 0.15) is 43.7 Å². The highest BCUT2D eigenvalue weighted by atomic mass is 14.3. The average Bonchev–Trinajstić information content (AvgIpc) is 2.39. The van der Waals surface area contributed by atoms with E-state index in [1.807, 2.05) is 0 Å². The smallest absolute Gasteiger partial charge is 0.0662 e. The minimum absolute atomic E-state index is 0.209. The monoisotopic (exact) mass is 241 g/mol. The van der Waals surface area contributed by atoms with Crippen LogP contribution in [0.25, 0.3) is 0 Å². The second kappa shape index (κ2) is 6.05. The van der Waals surface area contributed by atoms with Crippen molar-refractivity contribution in [2.75, 3.05) is 0 Å². The Kier molecular flexibility index (Phi) is 4.42. The third kappa shape index (κ3) is 3.35. The van der Waals surface area contributed by atoms with E-state index in [-0.39, 0.29) is 5.92 Å². The van der Waals surface area contributed by atoms with Gasteiger partial charge in [0.25, 0.3) is 0 Å². The predicted molar refractivity (Wildman–Crippen MR) is 75.1 cm³/mol. The van der Waals surface area contributed by atoms with Gasteiger partial charge in [-0.1, -0.05) is 49.6 Å². The molecule has 0 radical (unpaired) electrons. The highest BCUT2D eigenvalue weighted by molar-refractivity contribution is 5.22. The van der Waals surface area contributed by atoms with Crippen molar-refractivity contribution in [3.8, 4) is 6.07 Å². The lowest BCUT2D eigenvalue weighted by Crippen LogP contribution is -2.21. The molecule has 1 aromatic carbocycles. The molecule has 0 amide bonds. The Hall–Kier alpha value is -1.29. The highest BCUT2D eigenvalue weighted by Gasteiger charge is 2.26. The SMILES string of the molecule is Cc1ccc(CC(C#N)C2CCC(C)CC2)cc1. The molecule has 18 heavy (non-hydrogen) atoms. The number of aryl methyl sites for hydroxylation is 1. The first-order valence-electron chi connectivity index (χ1n) is 7.14. The van der Waals surface area contributed by atoms with Crippen molar-refractivity contribution in [2.24, 2.45) is 17.8 Å². The lowest BCUT2D eigenvalue weighted by molar-refractivity contribution is 0.242. The van der Waals surface area contributed by atoms with Gasteiger partial charge in [-0.2, -0.15) is 5.26 Å². The fraction of sp³-hybridized carbons (Fsp3) is 0.588. The molecule has 1 nitrogen and oxygen atoms in total. The van der Waals surface area contributed by atoms with E-state index < -0.39 is 0 Å². The van der Waals surface area contributed by atoms with Gasteiger partial charge in [-0.25, -0.2) is 0 Å². The Balaban J connectivity index is 1.97. The Morgan fingerprint density at radius 1 is 1.17 bits per heavy atom. The van der Waals surface area contributed by atoms with E-state index in [9.17, 15) is 5.26 Å². The van der Waals surface area contributed by atoms with Gasteiger partial charge >= 0.3 is 0 Å². The molecule has 1 heteroatoms. The summed E-state index contributed by atoms with van der Waals surface area (Å²) in [6.45, 7) is 4.44. The molecule has 96 valence electrons. The second-order valence-corrected chi connectivity index (χ2v) is 5.95. The fourth-order valence-corrected chi connectivity index (χ4v) is 2.98. The van der Waals surface area contributed by atoms with Crippen molar-refractivity contribution in [3.05, 3.63) is 35.4 Å². The van der Waals surface area contributed by atoms with Crippen LogP contribution in [0.4, 0.5) is 0 Å². The van der Waals surface area contributed by atoms with Crippen molar-refractivity contribution >= 4 is 0 Å². The first-order chi connectivity index (χ1) is 8.69. The largest absolute Gasteiger partial charge is 0.198 e. The van der Waals surface area contributed by atoms with Crippen LogP contribution in [0.15, 0.2) is 24.3 Å². The molecule has 0 N–H and O–H groups in total. The second-order valence-electron chi connectivity index (χ2n) is 5.95. The average molecular weight is 241 g/mol. The molecule has 1 aliphatic carbocycles. The Morgan fingerprint density at radius 2 is 1.78 bits per heavy atom. The van der Waals surface area contributed by atoms with E-state index in [2.05, 4.69) is 44.2 Å². The molecule has 1 atom stereocenters. The van der Waals surface area contributed by atoms with Crippen LogP contribution in [0.5, 0.6) is 0 Å². The summed E-state index contributed by atoms with van der Waals surface area (Å²) in [7, 11) is 0. The molecule has 1 aliphatic rings. The lowest BCUT2D eigenvalue weighted by Gasteiger charge is -2.29. The number of nitriles is 1. The summed E-state index contributed by atoms with van der Waals surface area (Å²) in [5.41, 5.74) is 2.60. The normalized spacial score (nSPS) is 25.4. The van der Waals surface area contributed by atoms with Gasteiger partial charge in [-0.05, 0) is 43.6 Å². The third-order valence-electron chi connectivity index (χ3n) is 4.37. The van der Waals surface area contributed by atoms with Gasteiger partial charge < -0.3 is 0 Å². The number of rotatable bonds is 3. The maximum absolute atomic E-state index is 9.41. The number of benzene rings is 1. The first kappa shape index (κ1) is 13.1. The van der Waals surface area contributed by atoms with Gasteiger partial charge in [0.05, 0.1) is 12.0 Å². The van der Waals surface area contributed by atoms with Crippen molar-refractivity contribution < 1.29 is 0 Å². The zero-order valence-corrected chi connectivity index (χ0v) is 11.5. The van der Waals surface area contributed by atoms with Gasteiger partial charge in [-0.15, -0.1) is 0 Å². The maximum atomic E-state index is 9.41. The van der Waals surface area contributed by atoms with E-state index in [0.717, 1.165) is 12.3 Å². The summed E-state index contributed by atoms with van der Waals surface area (Å²) in [5, 5.41) is 9.41. The maximum Gasteiger partial charge on any atom is 0.0662 e. The van der Waals surface area contributed by atoms with E-state index in [0.29, 0.717) is 5.92 Å². The van der Waals surface area contributed by atoms with Crippen molar-refractivity contribution in [3.63, 3.8) is 0 Å². The summed E-state index contributed by atoms with van der Waals surface area (Å²) in [5.74, 6) is 1.69. The molecule has 1 saturated carbocycles. The van der Waals surface area contributed by atoms with Crippen LogP contribution < -0.4 is 0 Å². The van der Waals surface area contributed by atoms with Crippen molar-refractivity contribution in [1.82, 2.24) is 0 Å². The van der Waals surface area contributed by atoms with Crippen LogP contribution in [-0.4, -0.2) is 0 Å². The van der Waals surface area contributed by atoms with E-state index in [4.69, 9.17) is 0 Å². The highest BCUT2D eigenvalue weighted by Crippen LogP contribution is 2.34. The Bertz CT molecular complexity index is 404. The minimum Gasteiger partial charge on any atom is -0.198 e. The van der Waals surface area contributed by atoms with Crippen LogP contribution in [0, 0.1) is 36.0 Å². The number of hydrogen-bond donors (Lipinski definition) is 0. The minimum atomic E-state index is 0.209. The van der Waals surface area contributed by atoms with Gasteiger partial charge in [-0.3, -0.25) is 0 Å². The Morgan fingerprint density at radius 3 is 2.33 bits per heavy atom. The first-order valence-corrected chi connectivity index (χ1v) is 7.14. The van der Waals surface area contributed by atoms with Gasteiger partial charge in [0.15, 0.2) is 0 Å². The lowest BCUT2D eigenvalue weighted by atomic mass is 9.75. The van der Waals surface area contributed by atoms with Crippen LogP contribution >= 0.6 is 0 Å². The number of nitrogens with zero attached hydrogens (tertiary/aromatic N) is 1. The van der Waals surface area contributed by atoms with Crippen molar-refractivity contribution in [1.29, 1.82) is 5.26 Å². The summed E-state index contributed by atoms with van der Waals surface area (Å²) in [4.78, 5) is 0. The topological polar surface area (TPSA) is 23.8 Å². The summed E-state index contributed by atoms with van der Waals surface area (Å²) >= 11 is 0. The van der Waals surface area contributed by atoms with Crippen LogP contribution in [0.2, 0.25) is 0 Å². The molecule has 2 rings (SSSR count). The molecule has 1 aromatic rings. The quantitative estimate of drug-likeness (QED) is 0.764. The molecule has 0 aromatic heterocycles. The van der Waals surface area contributed by atoms with Crippen LogP contribution in [0.3, 0.4) is 0 Å². The zero-order valence-electron chi connectivity index (χ0n) is 11.5. The summed E-state index contributed by atoms with van der Waals surface area (Å²) in [6, 6.07) is 11.2. The molecule has 0 bridgehead atoms. The van der Waals surface area contributed by atoms with E-state index >= 15 is 0 Å². The Labute approximate surface area is 111 Å². The molecule has 0 heterocycles. The number of hydrogen-bond acceptors (Lipinski definition) is 1. The zero-order chi connectivity index (χ0) is 13.0. The molecule has 1 unspecified atom stereocenters. The van der Waals surface area contributed by atoms with Crippen LogP contribution in [-0.2, 0) is 6.42 Å². The summed E-state index contributed by atoms with van der Waals surface area (Å²) in [6.07, 6.45) is 6.01. The molecular weight excluding hydrogens is 218 g/mol. The summed E-state index contributed by atoms with van der Waals surface area (Å²) < 4.78 is 0. The predicted octanol–water partition coefficient (Wildman–Crippen LogP) is 4.50. The molecule has 0 saturated heterocycles. The van der Waals surface area contributed by atoms with Gasteiger partial charge in [0.2, 0.25) is 0 Å². The molecular formula is C17H23N. The fourth-order valence-electron chi connectivity index (χ4n) is 2.98. The van der Waals surface area contributed by atoms with Crippen molar-refractivity contribution in [2.45, 2.75) is 46.0 Å². The van der Waals surface area contributed by atoms with E-state index in [1.54, 1.807) is 0 Å². The van der Waals surface area contributed by atoms with Gasteiger partial charge in [0, 0.05) is 0 Å². The standard InChI is InChI=1S/C17H23N/c1-13-3-7-15(8-4-13)11-17(12-18)16-9-5-14(2)6-10-16/h3-4,7-8,14,16-17H,5-6,9-11H2,1-2H3. The molecule has 0 spiro atoms. The molecule has 0 aliphatic heterocycles. The van der Waals surface area contributed by atoms with E-state index in [1.165, 1.54) is 36.8 Å².